The second-order valence-electron chi connectivity index (χ2n) is 8.22. The molecule has 1 amide bonds. The fourth-order valence-corrected chi connectivity index (χ4v) is 3.73. The molecule has 2 heterocycles. The number of amides is 1. The van der Waals surface area contributed by atoms with E-state index in [0.29, 0.717) is 11.3 Å². The molecule has 6 heteroatoms. The van der Waals surface area contributed by atoms with Gasteiger partial charge in [0.1, 0.15) is 6.07 Å². The van der Waals surface area contributed by atoms with Gasteiger partial charge in [-0.05, 0) is 56.4 Å². The molecule has 3 rings (SSSR count). The molecule has 1 aliphatic rings. The van der Waals surface area contributed by atoms with E-state index in [-0.39, 0.29) is 17.9 Å². The molecule has 0 aliphatic carbocycles. The van der Waals surface area contributed by atoms with Crippen LogP contribution in [0.1, 0.15) is 41.8 Å². The summed E-state index contributed by atoms with van der Waals surface area (Å²) in [4.78, 5) is 18.4. The molecule has 0 unspecified atom stereocenters. The summed E-state index contributed by atoms with van der Waals surface area (Å²) in [7, 11) is 1.69. The van der Waals surface area contributed by atoms with Crippen LogP contribution in [0.4, 0.5) is 0 Å². The van der Waals surface area contributed by atoms with Gasteiger partial charge in [-0.1, -0.05) is 18.2 Å². The van der Waals surface area contributed by atoms with Gasteiger partial charge < -0.3 is 10.1 Å². The summed E-state index contributed by atoms with van der Waals surface area (Å²) in [5.74, 6) is 0.800. The first kappa shape index (κ1) is 21.8. The van der Waals surface area contributed by atoms with Crippen LogP contribution in [0.3, 0.4) is 0 Å². The van der Waals surface area contributed by atoms with Gasteiger partial charge >= 0.3 is 0 Å². The smallest absolute Gasteiger partial charge is 0.225 e. The highest BCUT2D eigenvalue weighted by molar-refractivity contribution is 5.79. The summed E-state index contributed by atoms with van der Waals surface area (Å²) in [5, 5.41) is 12.1. The predicted molar refractivity (Wildman–Crippen MR) is 116 cm³/mol. The summed E-state index contributed by atoms with van der Waals surface area (Å²) in [5.41, 5.74) is 5.25. The largest absolute Gasteiger partial charge is 0.488 e. The van der Waals surface area contributed by atoms with Crippen molar-refractivity contribution < 1.29 is 9.53 Å². The van der Waals surface area contributed by atoms with E-state index in [9.17, 15) is 10.1 Å². The SMILES string of the molecule is CNC(=O)C1CN(Cc2ccc(CCc3cc(C#N)c(OC(C)C)cn3)cc2C)C1. The molecule has 158 valence electrons. The molecular formula is C24H30N4O2. The zero-order chi connectivity index (χ0) is 21.7. The summed E-state index contributed by atoms with van der Waals surface area (Å²) >= 11 is 0. The molecular weight excluding hydrogens is 376 g/mol. The third-order valence-corrected chi connectivity index (χ3v) is 5.45. The van der Waals surface area contributed by atoms with Crippen LogP contribution in [-0.2, 0) is 24.2 Å². The number of aromatic nitrogens is 1. The van der Waals surface area contributed by atoms with Crippen LogP contribution < -0.4 is 10.1 Å². The molecule has 0 spiro atoms. The number of likely N-dealkylation sites (tertiary alicyclic amines) is 1. The second-order valence-corrected chi connectivity index (χ2v) is 8.22. The van der Waals surface area contributed by atoms with Crippen LogP contribution in [0.5, 0.6) is 5.75 Å². The van der Waals surface area contributed by atoms with E-state index in [2.05, 4.69) is 46.4 Å². The number of ether oxygens (including phenoxy) is 1. The van der Waals surface area contributed by atoms with Gasteiger partial charge in [0.05, 0.1) is 23.8 Å². The van der Waals surface area contributed by atoms with Crippen molar-refractivity contribution >= 4 is 5.91 Å². The number of benzene rings is 1. The van der Waals surface area contributed by atoms with Gasteiger partial charge in [-0.15, -0.1) is 0 Å². The van der Waals surface area contributed by atoms with E-state index in [1.807, 2.05) is 19.9 Å². The van der Waals surface area contributed by atoms with Crippen molar-refractivity contribution in [2.45, 2.75) is 46.3 Å². The maximum atomic E-state index is 11.6. The Hall–Kier alpha value is -2.91. The lowest BCUT2D eigenvalue weighted by Crippen LogP contribution is -2.52. The number of hydrogen-bond acceptors (Lipinski definition) is 5. The Labute approximate surface area is 178 Å². The van der Waals surface area contributed by atoms with E-state index in [1.165, 1.54) is 16.7 Å². The first-order valence-corrected chi connectivity index (χ1v) is 10.5. The normalized spacial score (nSPS) is 14.3. The topological polar surface area (TPSA) is 78.2 Å². The van der Waals surface area contributed by atoms with Gasteiger partial charge in [0.15, 0.2) is 5.75 Å². The molecule has 2 aromatic rings. The zero-order valence-corrected chi connectivity index (χ0v) is 18.2. The molecule has 0 atom stereocenters. The summed E-state index contributed by atoms with van der Waals surface area (Å²) < 4.78 is 5.64. The molecule has 6 nitrogen and oxygen atoms in total. The van der Waals surface area contributed by atoms with Crippen LogP contribution in [0.2, 0.25) is 0 Å². The van der Waals surface area contributed by atoms with E-state index in [4.69, 9.17) is 4.74 Å². The Morgan fingerprint density at radius 3 is 2.73 bits per heavy atom. The van der Waals surface area contributed by atoms with Gasteiger partial charge in [-0.3, -0.25) is 14.7 Å². The fourth-order valence-electron chi connectivity index (χ4n) is 3.73. The summed E-state index contributed by atoms with van der Waals surface area (Å²) in [6.45, 7) is 8.53. The number of hydrogen-bond donors (Lipinski definition) is 1. The number of carbonyl (C=O) groups excluding carboxylic acids is 1. The highest BCUT2D eigenvalue weighted by atomic mass is 16.5. The predicted octanol–water partition coefficient (Wildman–Crippen LogP) is 3.01. The quantitative estimate of drug-likeness (QED) is 0.729. The van der Waals surface area contributed by atoms with Crippen molar-refractivity contribution in [3.8, 4) is 11.8 Å². The average Bonchev–Trinajstić information content (AvgIpc) is 2.69. The first-order valence-electron chi connectivity index (χ1n) is 10.5. The zero-order valence-electron chi connectivity index (χ0n) is 18.2. The number of aryl methyl sites for hydroxylation is 3. The fraction of sp³-hybridized carbons (Fsp3) is 0.458. The Morgan fingerprint density at radius 2 is 2.10 bits per heavy atom. The standard InChI is InChI=1S/C24H30N4O2/c1-16(2)30-23-12-27-22(10-20(23)11-25)8-6-18-5-7-19(17(3)9-18)13-28-14-21(15-28)24(29)26-4/h5,7,9-10,12,16,21H,6,8,13-15H2,1-4H3,(H,26,29). The molecule has 1 saturated heterocycles. The average molecular weight is 407 g/mol. The van der Waals surface area contributed by atoms with Gasteiger partial charge in [0.25, 0.3) is 0 Å². The van der Waals surface area contributed by atoms with Gasteiger partial charge in [-0.2, -0.15) is 5.26 Å². The van der Waals surface area contributed by atoms with Crippen molar-refractivity contribution in [2.75, 3.05) is 20.1 Å². The lowest BCUT2D eigenvalue weighted by Gasteiger charge is -2.38. The van der Waals surface area contributed by atoms with Crippen molar-refractivity contribution in [3.05, 3.63) is 58.4 Å². The molecule has 1 N–H and O–H groups in total. The van der Waals surface area contributed by atoms with E-state index in [0.717, 1.165) is 38.2 Å². The lowest BCUT2D eigenvalue weighted by atomic mass is 9.96. The Morgan fingerprint density at radius 1 is 1.33 bits per heavy atom. The maximum absolute atomic E-state index is 11.6. The van der Waals surface area contributed by atoms with Crippen LogP contribution in [0.15, 0.2) is 30.5 Å². The van der Waals surface area contributed by atoms with Gasteiger partial charge in [-0.25, -0.2) is 0 Å². The molecule has 0 saturated carbocycles. The number of carbonyl (C=O) groups is 1. The number of nitriles is 1. The Kier molecular flexibility index (Phi) is 7.07. The number of pyridine rings is 1. The van der Waals surface area contributed by atoms with Crippen molar-refractivity contribution in [3.63, 3.8) is 0 Å². The van der Waals surface area contributed by atoms with E-state index in [1.54, 1.807) is 13.2 Å². The molecule has 1 fully saturated rings. The lowest BCUT2D eigenvalue weighted by molar-refractivity contribution is -0.129. The molecule has 30 heavy (non-hydrogen) atoms. The Bertz CT molecular complexity index is 943. The third-order valence-electron chi connectivity index (χ3n) is 5.45. The van der Waals surface area contributed by atoms with E-state index >= 15 is 0 Å². The molecule has 0 radical (unpaired) electrons. The highest BCUT2D eigenvalue weighted by Gasteiger charge is 2.31. The van der Waals surface area contributed by atoms with Crippen LogP contribution >= 0.6 is 0 Å². The van der Waals surface area contributed by atoms with Crippen molar-refractivity contribution in [1.82, 2.24) is 15.2 Å². The minimum Gasteiger partial charge on any atom is -0.488 e. The highest BCUT2D eigenvalue weighted by Crippen LogP contribution is 2.22. The summed E-state index contributed by atoms with van der Waals surface area (Å²) in [6, 6.07) is 10.6. The Balaban J connectivity index is 1.56. The van der Waals surface area contributed by atoms with E-state index < -0.39 is 0 Å². The minimum absolute atomic E-state index is 0.0113. The second kappa shape index (κ2) is 9.73. The summed E-state index contributed by atoms with van der Waals surface area (Å²) in [6.07, 6.45) is 3.31. The van der Waals surface area contributed by atoms with Crippen molar-refractivity contribution in [1.29, 1.82) is 5.26 Å². The van der Waals surface area contributed by atoms with Gasteiger partial charge in [0.2, 0.25) is 5.91 Å². The van der Waals surface area contributed by atoms with Crippen molar-refractivity contribution in [2.24, 2.45) is 5.92 Å². The minimum atomic E-state index is 0.0113. The van der Waals surface area contributed by atoms with Crippen LogP contribution in [0.25, 0.3) is 0 Å². The number of nitrogens with one attached hydrogen (secondary N) is 1. The molecule has 1 aromatic heterocycles. The third kappa shape index (κ3) is 5.37. The van der Waals surface area contributed by atoms with Crippen LogP contribution in [-0.4, -0.2) is 42.0 Å². The molecule has 0 bridgehead atoms. The monoisotopic (exact) mass is 406 g/mol. The van der Waals surface area contributed by atoms with Gasteiger partial charge in [0, 0.05) is 32.4 Å². The number of nitrogens with zero attached hydrogens (tertiary/aromatic N) is 3. The number of rotatable bonds is 8. The molecule has 1 aromatic carbocycles. The maximum Gasteiger partial charge on any atom is 0.225 e. The molecule has 1 aliphatic heterocycles. The van der Waals surface area contributed by atoms with Crippen LogP contribution in [0, 0.1) is 24.2 Å². The first-order chi connectivity index (χ1) is 14.4.